The van der Waals surface area contributed by atoms with Crippen LogP contribution in [-0.2, 0) is 4.84 Å². The maximum atomic E-state index is 5.80. The number of benzene rings is 2. The van der Waals surface area contributed by atoms with Gasteiger partial charge in [0.05, 0.1) is 25.9 Å². The van der Waals surface area contributed by atoms with Gasteiger partial charge in [-0.3, -0.25) is 4.98 Å². The first kappa shape index (κ1) is 16.9. The van der Waals surface area contributed by atoms with E-state index in [0.717, 1.165) is 17.1 Å². The van der Waals surface area contributed by atoms with Crippen LogP contribution in [0.4, 0.5) is 0 Å². The Bertz CT molecular complexity index is 926. The lowest BCUT2D eigenvalue weighted by molar-refractivity contribution is 0.0855. The number of pyridine rings is 1. The number of para-hydroxylation sites is 1. The molecule has 0 spiro atoms. The molecule has 1 aliphatic heterocycles. The fourth-order valence-corrected chi connectivity index (χ4v) is 2.67. The third-order valence-electron chi connectivity index (χ3n) is 4.03. The average molecular weight is 362 g/mol. The van der Waals surface area contributed by atoms with Gasteiger partial charge in [-0.2, -0.15) is 0 Å². The minimum absolute atomic E-state index is 0.190. The summed E-state index contributed by atoms with van der Waals surface area (Å²) in [5, 5.41) is 4.03. The van der Waals surface area contributed by atoms with E-state index in [1.165, 1.54) is 0 Å². The summed E-state index contributed by atoms with van der Waals surface area (Å²) in [7, 11) is 1.58. The molecule has 0 fully saturated rings. The zero-order chi connectivity index (χ0) is 18.5. The predicted molar refractivity (Wildman–Crippen MR) is 100 cm³/mol. The van der Waals surface area contributed by atoms with Crippen LogP contribution in [-0.4, -0.2) is 18.0 Å². The van der Waals surface area contributed by atoms with Crippen LogP contribution in [0.1, 0.15) is 18.1 Å². The summed E-state index contributed by atoms with van der Waals surface area (Å²) in [5.74, 6) is 3.25. The van der Waals surface area contributed by atoms with Crippen LogP contribution < -0.4 is 14.2 Å². The van der Waals surface area contributed by atoms with Crippen molar-refractivity contribution in [2.45, 2.75) is 12.5 Å². The van der Waals surface area contributed by atoms with Crippen LogP contribution >= 0.6 is 0 Å². The quantitative estimate of drug-likeness (QED) is 0.656. The molecule has 3 aromatic rings. The molecule has 2 heterocycles. The normalized spacial score (nSPS) is 15.6. The van der Waals surface area contributed by atoms with Gasteiger partial charge in [-0.1, -0.05) is 35.5 Å². The van der Waals surface area contributed by atoms with Gasteiger partial charge in [-0.05, 0) is 29.8 Å². The predicted octanol–water partition coefficient (Wildman–Crippen LogP) is 4.74. The maximum absolute atomic E-state index is 5.80. The van der Waals surface area contributed by atoms with Gasteiger partial charge in [0.15, 0.2) is 11.9 Å². The van der Waals surface area contributed by atoms with Crippen LogP contribution in [0.2, 0.25) is 0 Å². The van der Waals surface area contributed by atoms with Crippen molar-refractivity contribution in [3.8, 4) is 23.0 Å². The van der Waals surface area contributed by atoms with Crippen molar-refractivity contribution < 1.29 is 19.0 Å². The van der Waals surface area contributed by atoms with Gasteiger partial charge in [0.1, 0.15) is 17.2 Å². The Morgan fingerprint density at radius 2 is 1.59 bits per heavy atom. The van der Waals surface area contributed by atoms with Crippen molar-refractivity contribution in [2.75, 3.05) is 7.11 Å². The highest BCUT2D eigenvalue weighted by Crippen LogP contribution is 2.30. The first-order chi connectivity index (χ1) is 13.3. The van der Waals surface area contributed by atoms with Crippen molar-refractivity contribution in [1.82, 2.24) is 4.98 Å². The SMILES string of the molecule is COc1cncc(OC2=NO[C@@H](c3ccc(Oc4ccccc4)cc3)C2)c1. The molecule has 27 heavy (non-hydrogen) atoms. The van der Waals surface area contributed by atoms with Crippen molar-refractivity contribution in [2.24, 2.45) is 5.16 Å². The Morgan fingerprint density at radius 1 is 0.852 bits per heavy atom. The number of nitrogens with zero attached hydrogens (tertiary/aromatic N) is 2. The molecule has 1 aromatic heterocycles. The summed E-state index contributed by atoms with van der Waals surface area (Å²) in [6, 6.07) is 19.2. The van der Waals surface area contributed by atoms with E-state index in [2.05, 4.69) is 10.1 Å². The van der Waals surface area contributed by atoms with E-state index in [9.17, 15) is 0 Å². The lowest BCUT2D eigenvalue weighted by atomic mass is 10.1. The van der Waals surface area contributed by atoms with Gasteiger partial charge in [0.25, 0.3) is 0 Å². The summed E-state index contributed by atoms with van der Waals surface area (Å²) < 4.78 is 16.7. The highest BCUT2D eigenvalue weighted by molar-refractivity contribution is 5.79. The van der Waals surface area contributed by atoms with E-state index in [0.29, 0.717) is 23.8 Å². The monoisotopic (exact) mass is 362 g/mol. The molecule has 2 aromatic carbocycles. The Morgan fingerprint density at radius 3 is 2.37 bits per heavy atom. The van der Waals surface area contributed by atoms with E-state index in [-0.39, 0.29) is 6.10 Å². The molecule has 6 nitrogen and oxygen atoms in total. The van der Waals surface area contributed by atoms with Crippen molar-refractivity contribution >= 4 is 5.90 Å². The highest BCUT2D eigenvalue weighted by Gasteiger charge is 2.24. The standard InChI is InChI=1S/C21H18N2O4/c1-24-18-11-19(14-22-13-18)26-21-12-20(27-23-21)15-7-9-17(10-8-15)25-16-5-3-2-4-6-16/h2-11,13-14,20H,12H2,1H3/t20-/m1/s1. The summed E-state index contributed by atoms with van der Waals surface area (Å²) in [6.07, 6.45) is 3.57. The van der Waals surface area contributed by atoms with Crippen LogP contribution in [0.25, 0.3) is 0 Å². The molecular weight excluding hydrogens is 344 g/mol. The molecule has 0 bridgehead atoms. The zero-order valence-electron chi connectivity index (χ0n) is 14.7. The largest absolute Gasteiger partial charge is 0.495 e. The molecule has 0 amide bonds. The van der Waals surface area contributed by atoms with Crippen LogP contribution in [0, 0.1) is 0 Å². The Balaban J connectivity index is 1.36. The van der Waals surface area contributed by atoms with Gasteiger partial charge in [-0.25, -0.2) is 0 Å². The van der Waals surface area contributed by atoms with Crippen LogP contribution in [0.15, 0.2) is 78.2 Å². The third-order valence-corrected chi connectivity index (χ3v) is 4.03. The van der Waals surface area contributed by atoms with Crippen molar-refractivity contribution in [3.63, 3.8) is 0 Å². The number of rotatable bonds is 5. The summed E-state index contributed by atoms with van der Waals surface area (Å²) in [4.78, 5) is 9.57. The molecule has 0 N–H and O–H groups in total. The molecule has 0 aliphatic carbocycles. The number of methoxy groups -OCH3 is 1. The Hall–Kier alpha value is -3.54. The molecular formula is C21H18N2O4. The highest BCUT2D eigenvalue weighted by atomic mass is 16.7. The van der Waals surface area contributed by atoms with E-state index in [1.807, 2.05) is 54.6 Å². The fourth-order valence-electron chi connectivity index (χ4n) is 2.67. The molecule has 6 heteroatoms. The second-order valence-corrected chi connectivity index (χ2v) is 5.93. The molecule has 1 atom stereocenters. The maximum Gasteiger partial charge on any atom is 0.235 e. The first-order valence-corrected chi connectivity index (χ1v) is 8.52. The molecule has 1 aliphatic rings. The number of oxime groups is 1. The van der Waals surface area contributed by atoms with E-state index in [4.69, 9.17) is 19.0 Å². The van der Waals surface area contributed by atoms with Crippen LogP contribution in [0.5, 0.6) is 23.0 Å². The second kappa shape index (κ2) is 7.78. The lowest BCUT2D eigenvalue weighted by Crippen LogP contribution is -2.07. The first-order valence-electron chi connectivity index (χ1n) is 8.52. The number of hydrogen-bond donors (Lipinski definition) is 0. The van der Waals surface area contributed by atoms with E-state index in [1.54, 1.807) is 25.6 Å². The zero-order valence-corrected chi connectivity index (χ0v) is 14.7. The topological polar surface area (TPSA) is 62.2 Å². The lowest BCUT2D eigenvalue weighted by Gasteiger charge is -2.10. The molecule has 136 valence electrons. The van der Waals surface area contributed by atoms with Gasteiger partial charge < -0.3 is 19.0 Å². The fraction of sp³-hybridized carbons (Fsp3) is 0.143. The minimum atomic E-state index is -0.190. The number of aromatic nitrogens is 1. The number of hydrogen-bond acceptors (Lipinski definition) is 6. The minimum Gasteiger partial charge on any atom is -0.495 e. The average Bonchev–Trinajstić information content (AvgIpc) is 3.18. The summed E-state index contributed by atoms with van der Waals surface area (Å²) in [6.45, 7) is 0. The van der Waals surface area contributed by atoms with Crippen LogP contribution in [0.3, 0.4) is 0 Å². The van der Waals surface area contributed by atoms with Crippen molar-refractivity contribution in [1.29, 1.82) is 0 Å². The Labute approximate surface area is 157 Å². The molecule has 4 rings (SSSR count). The molecule has 0 unspecified atom stereocenters. The van der Waals surface area contributed by atoms with Gasteiger partial charge in [-0.15, -0.1) is 0 Å². The van der Waals surface area contributed by atoms with E-state index >= 15 is 0 Å². The third kappa shape index (κ3) is 4.17. The van der Waals surface area contributed by atoms with Gasteiger partial charge in [0, 0.05) is 6.07 Å². The Kier molecular flexibility index (Phi) is 4.87. The molecule has 0 saturated carbocycles. The van der Waals surface area contributed by atoms with Gasteiger partial charge >= 0.3 is 0 Å². The van der Waals surface area contributed by atoms with E-state index < -0.39 is 0 Å². The molecule has 0 saturated heterocycles. The van der Waals surface area contributed by atoms with Gasteiger partial charge in [0.2, 0.25) is 5.90 Å². The molecule has 0 radical (unpaired) electrons. The smallest absolute Gasteiger partial charge is 0.235 e. The summed E-state index contributed by atoms with van der Waals surface area (Å²) in [5.41, 5.74) is 1.00. The van der Waals surface area contributed by atoms with Crippen molar-refractivity contribution in [3.05, 3.63) is 78.6 Å². The number of ether oxygens (including phenoxy) is 3. The second-order valence-electron chi connectivity index (χ2n) is 5.93. The summed E-state index contributed by atoms with van der Waals surface area (Å²) >= 11 is 0.